The molecule has 1 aliphatic carbocycles. The third-order valence-corrected chi connectivity index (χ3v) is 6.49. The molecule has 0 radical (unpaired) electrons. The molecule has 0 spiro atoms. The number of aryl methyl sites for hydroxylation is 1. The number of H-pyrrole nitrogens is 1. The fraction of sp³-hybridized carbons (Fsp3) is 0.346. The number of amides is 1. The summed E-state index contributed by atoms with van der Waals surface area (Å²) in [5, 5.41) is 3.22. The Hall–Kier alpha value is -3.24. The van der Waals surface area contributed by atoms with Gasteiger partial charge in [0.25, 0.3) is 5.56 Å². The van der Waals surface area contributed by atoms with E-state index in [1.807, 2.05) is 12.1 Å². The molecule has 6 nitrogen and oxygen atoms in total. The second-order valence-corrected chi connectivity index (χ2v) is 9.28. The van der Waals surface area contributed by atoms with E-state index in [0.717, 1.165) is 23.8 Å². The Labute approximate surface area is 215 Å². The maximum atomic E-state index is 15.4. The van der Waals surface area contributed by atoms with E-state index in [0.29, 0.717) is 24.5 Å². The van der Waals surface area contributed by atoms with Crippen LogP contribution in [0.2, 0.25) is 5.02 Å². The molecule has 0 bridgehead atoms. The molecule has 1 heterocycles. The van der Waals surface area contributed by atoms with E-state index in [4.69, 9.17) is 16.3 Å². The molecular weight excluding hydrogens is 514 g/mol. The van der Waals surface area contributed by atoms with Crippen molar-refractivity contribution in [3.63, 3.8) is 0 Å². The largest absolute Gasteiger partial charge is 0.417 e. The number of halogens is 5. The molecule has 196 valence electrons. The number of nitrogens with one attached hydrogen (secondary N) is 2. The van der Waals surface area contributed by atoms with Crippen LogP contribution >= 0.6 is 11.6 Å². The van der Waals surface area contributed by atoms with Gasteiger partial charge in [0.05, 0.1) is 23.8 Å². The Morgan fingerprint density at radius 2 is 1.89 bits per heavy atom. The van der Waals surface area contributed by atoms with Crippen LogP contribution in [0.5, 0.6) is 0 Å². The van der Waals surface area contributed by atoms with Crippen LogP contribution < -0.4 is 10.9 Å². The molecule has 2 aromatic carbocycles. The van der Waals surface area contributed by atoms with Gasteiger partial charge in [0.1, 0.15) is 11.6 Å². The minimum Gasteiger partial charge on any atom is -0.373 e. The van der Waals surface area contributed by atoms with E-state index >= 15 is 4.39 Å². The standard InChI is InChI=1S/C26H24ClF4N3O3/c1-2-18-11-21(35)34-24(33-18)22-20(26(29,30)31)8-5-15(23(22)28)12-32-25(36)16-9-19(10-16)37-13-14-3-6-17(27)7-4-14/h3-8,11,16,19H,2,9-10,12-13H2,1H3,(H,32,36)(H,33,34,35). The fourth-order valence-electron chi connectivity index (χ4n) is 4.07. The van der Waals surface area contributed by atoms with E-state index in [-0.39, 0.29) is 42.2 Å². The van der Waals surface area contributed by atoms with Gasteiger partial charge in [0.2, 0.25) is 5.91 Å². The number of aromatic nitrogens is 2. The third kappa shape index (κ3) is 6.37. The van der Waals surface area contributed by atoms with Gasteiger partial charge in [-0.15, -0.1) is 0 Å². The monoisotopic (exact) mass is 537 g/mol. The molecule has 1 amide bonds. The van der Waals surface area contributed by atoms with Crippen molar-refractivity contribution in [2.45, 2.75) is 51.6 Å². The minimum absolute atomic E-state index is 0.102. The summed E-state index contributed by atoms with van der Waals surface area (Å²) < 4.78 is 62.1. The lowest BCUT2D eigenvalue weighted by atomic mass is 9.81. The van der Waals surface area contributed by atoms with Crippen molar-refractivity contribution in [3.8, 4) is 11.4 Å². The second kappa shape index (κ2) is 11.0. The Morgan fingerprint density at radius 1 is 1.19 bits per heavy atom. The molecule has 0 unspecified atom stereocenters. The van der Waals surface area contributed by atoms with Crippen molar-refractivity contribution in [1.29, 1.82) is 0 Å². The first-order chi connectivity index (χ1) is 17.5. The average Bonchev–Trinajstić information content (AvgIpc) is 2.82. The van der Waals surface area contributed by atoms with Crippen molar-refractivity contribution >= 4 is 17.5 Å². The minimum atomic E-state index is -4.88. The maximum Gasteiger partial charge on any atom is 0.417 e. The maximum absolute atomic E-state index is 15.4. The Balaban J connectivity index is 1.42. The summed E-state index contributed by atoms with van der Waals surface area (Å²) in [5.41, 5.74) is -1.79. The zero-order valence-corrected chi connectivity index (χ0v) is 20.5. The number of hydrogen-bond donors (Lipinski definition) is 2. The molecule has 3 aromatic rings. The van der Waals surface area contributed by atoms with E-state index < -0.39 is 34.5 Å². The summed E-state index contributed by atoms with van der Waals surface area (Å²) >= 11 is 5.86. The van der Waals surface area contributed by atoms with Gasteiger partial charge in [-0.1, -0.05) is 36.7 Å². The number of carbonyl (C=O) groups excluding carboxylic acids is 1. The lowest BCUT2D eigenvalue weighted by molar-refractivity contribution is -0.137. The molecule has 0 aliphatic heterocycles. The van der Waals surface area contributed by atoms with Crippen LogP contribution in [0.1, 0.15) is 42.1 Å². The molecule has 1 aromatic heterocycles. The van der Waals surface area contributed by atoms with Crippen LogP contribution in [0.15, 0.2) is 47.3 Å². The summed E-state index contributed by atoms with van der Waals surface area (Å²) in [6.45, 7) is 1.73. The molecule has 4 rings (SSSR count). The molecule has 0 atom stereocenters. The van der Waals surface area contributed by atoms with E-state index in [1.165, 1.54) is 0 Å². The first kappa shape index (κ1) is 26.8. The van der Waals surface area contributed by atoms with Crippen molar-refractivity contribution in [2.24, 2.45) is 5.92 Å². The second-order valence-electron chi connectivity index (χ2n) is 8.84. The van der Waals surface area contributed by atoms with Crippen LogP contribution in [-0.2, 0) is 35.3 Å². The zero-order valence-electron chi connectivity index (χ0n) is 19.8. The van der Waals surface area contributed by atoms with Gasteiger partial charge < -0.3 is 15.0 Å². The Morgan fingerprint density at radius 3 is 2.54 bits per heavy atom. The zero-order chi connectivity index (χ0) is 26.7. The number of hydrogen-bond acceptors (Lipinski definition) is 4. The molecule has 1 aliphatic rings. The molecular formula is C26H24ClF4N3O3. The van der Waals surface area contributed by atoms with Crippen molar-refractivity contribution in [3.05, 3.63) is 86.0 Å². The Kier molecular flexibility index (Phi) is 7.99. The smallest absolute Gasteiger partial charge is 0.373 e. The molecule has 11 heteroatoms. The SMILES string of the molecule is CCc1cc(=O)[nH]c(-c2c(C(F)(F)F)ccc(CNC(=O)C3CC(OCc4ccc(Cl)cc4)C3)c2F)n1. The van der Waals surface area contributed by atoms with Gasteiger partial charge in [0, 0.05) is 34.8 Å². The molecule has 37 heavy (non-hydrogen) atoms. The predicted molar refractivity (Wildman–Crippen MR) is 129 cm³/mol. The normalized spacial score (nSPS) is 17.4. The predicted octanol–water partition coefficient (Wildman–Crippen LogP) is 5.42. The molecule has 1 saturated carbocycles. The summed E-state index contributed by atoms with van der Waals surface area (Å²) in [6, 6.07) is 10.1. The highest BCUT2D eigenvalue weighted by molar-refractivity contribution is 6.30. The van der Waals surface area contributed by atoms with Gasteiger partial charge in [-0.05, 0) is 43.0 Å². The number of nitrogens with zero attached hydrogens (tertiary/aromatic N) is 1. The van der Waals surface area contributed by atoms with Crippen LogP contribution in [0.25, 0.3) is 11.4 Å². The quantitative estimate of drug-likeness (QED) is 0.376. The lowest BCUT2D eigenvalue weighted by Gasteiger charge is -2.34. The first-order valence-corrected chi connectivity index (χ1v) is 12.1. The number of carbonyl (C=O) groups is 1. The number of benzene rings is 2. The summed E-state index contributed by atoms with van der Waals surface area (Å²) in [4.78, 5) is 30.6. The van der Waals surface area contributed by atoms with Gasteiger partial charge in [-0.2, -0.15) is 13.2 Å². The fourth-order valence-corrected chi connectivity index (χ4v) is 4.19. The summed E-state index contributed by atoms with van der Waals surface area (Å²) in [7, 11) is 0. The van der Waals surface area contributed by atoms with Crippen LogP contribution in [0, 0.1) is 11.7 Å². The molecule has 0 saturated heterocycles. The van der Waals surface area contributed by atoms with Crippen molar-refractivity contribution in [1.82, 2.24) is 15.3 Å². The highest BCUT2D eigenvalue weighted by Crippen LogP contribution is 2.38. The van der Waals surface area contributed by atoms with Gasteiger partial charge in [-0.25, -0.2) is 9.37 Å². The Bertz CT molecular complexity index is 1340. The number of ether oxygens (including phenoxy) is 1. The number of rotatable bonds is 8. The number of alkyl halides is 3. The van der Waals surface area contributed by atoms with Crippen molar-refractivity contribution < 1.29 is 27.1 Å². The van der Waals surface area contributed by atoms with E-state index in [2.05, 4.69) is 15.3 Å². The summed E-state index contributed by atoms with van der Waals surface area (Å²) in [5.74, 6) is -2.40. The lowest BCUT2D eigenvalue weighted by Crippen LogP contribution is -2.42. The summed E-state index contributed by atoms with van der Waals surface area (Å²) in [6.07, 6.45) is -3.74. The number of aromatic amines is 1. The van der Waals surface area contributed by atoms with Gasteiger partial charge >= 0.3 is 6.18 Å². The third-order valence-electron chi connectivity index (χ3n) is 6.24. The van der Waals surface area contributed by atoms with Crippen LogP contribution in [0.4, 0.5) is 17.6 Å². The highest BCUT2D eigenvalue weighted by Gasteiger charge is 2.38. The van der Waals surface area contributed by atoms with Crippen molar-refractivity contribution in [2.75, 3.05) is 0 Å². The topological polar surface area (TPSA) is 84.1 Å². The van der Waals surface area contributed by atoms with Crippen LogP contribution in [-0.4, -0.2) is 22.0 Å². The molecule has 1 fully saturated rings. The van der Waals surface area contributed by atoms with Gasteiger partial charge in [0.15, 0.2) is 0 Å². The first-order valence-electron chi connectivity index (χ1n) is 11.7. The molecule has 2 N–H and O–H groups in total. The van der Waals surface area contributed by atoms with E-state index in [1.54, 1.807) is 19.1 Å². The average molecular weight is 538 g/mol. The van der Waals surface area contributed by atoms with E-state index in [9.17, 15) is 22.8 Å². The van der Waals surface area contributed by atoms with Crippen LogP contribution in [0.3, 0.4) is 0 Å². The highest BCUT2D eigenvalue weighted by atomic mass is 35.5. The van der Waals surface area contributed by atoms with Gasteiger partial charge in [-0.3, -0.25) is 9.59 Å².